The van der Waals surface area contributed by atoms with Crippen LogP contribution in [0.25, 0.3) is 0 Å². The summed E-state index contributed by atoms with van der Waals surface area (Å²) in [5.41, 5.74) is 3.73. The van der Waals surface area contributed by atoms with E-state index < -0.39 is 0 Å². The van der Waals surface area contributed by atoms with Crippen LogP contribution in [-0.2, 0) is 0 Å². The van der Waals surface area contributed by atoms with Gasteiger partial charge in [0, 0.05) is 25.3 Å². The molecule has 0 spiro atoms. The number of amides is 1. The molecule has 142 valence electrons. The van der Waals surface area contributed by atoms with E-state index in [4.69, 9.17) is 12.2 Å². The summed E-state index contributed by atoms with van der Waals surface area (Å²) < 4.78 is 0. The van der Waals surface area contributed by atoms with Crippen LogP contribution in [0.15, 0.2) is 84.9 Å². The zero-order valence-corrected chi connectivity index (χ0v) is 16.7. The minimum Gasteiger partial charge on any atom is -0.352 e. The molecule has 28 heavy (non-hydrogen) atoms. The lowest BCUT2D eigenvalue weighted by atomic mass is 9.99. The molecule has 3 aromatic rings. The standard InChI is InChI=1S/C23H23N3OS/c1-26(2)22(27)19-13-15-20(16-14-19)24-23(28)25-21(17-9-5-3-6-10-17)18-11-7-4-8-12-18/h3-16,21H,1-2H3,(H2,24,25,28). The van der Waals surface area contributed by atoms with E-state index in [0.29, 0.717) is 10.7 Å². The lowest BCUT2D eigenvalue weighted by molar-refractivity contribution is 0.0827. The first kappa shape index (κ1) is 19.6. The second-order valence-electron chi connectivity index (χ2n) is 6.63. The van der Waals surface area contributed by atoms with Gasteiger partial charge in [-0.2, -0.15) is 0 Å². The van der Waals surface area contributed by atoms with E-state index in [9.17, 15) is 4.79 Å². The van der Waals surface area contributed by atoms with E-state index in [1.165, 1.54) is 0 Å². The normalized spacial score (nSPS) is 10.4. The van der Waals surface area contributed by atoms with Crippen molar-refractivity contribution >= 4 is 28.9 Å². The van der Waals surface area contributed by atoms with Crippen LogP contribution in [-0.4, -0.2) is 30.0 Å². The van der Waals surface area contributed by atoms with Gasteiger partial charge in [-0.1, -0.05) is 60.7 Å². The van der Waals surface area contributed by atoms with Gasteiger partial charge in [0.15, 0.2) is 5.11 Å². The van der Waals surface area contributed by atoms with Crippen LogP contribution >= 0.6 is 12.2 Å². The van der Waals surface area contributed by atoms with Crippen LogP contribution < -0.4 is 10.6 Å². The first-order chi connectivity index (χ1) is 13.5. The molecule has 0 aliphatic rings. The summed E-state index contributed by atoms with van der Waals surface area (Å²) in [7, 11) is 3.47. The number of carbonyl (C=O) groups is 1. The van der Waals surface area contributed by atoms with Gasteiger partial charge in [-0.3, -0.25) is 4.79 Å². The van der Waals surface area contributed by atoms with Gasteiger partial charge >= 0.3 is 0 Å². The highest BCUT2D eigenvalue weighted by Crippen LogP contribution is 2.22. The molecular weight excluding hydrogens is 366 g/mol. The van der Waals surface area contributed by atoms with Crippen molar-refractivity contribution in [3.8, 4) is 0 Å². The smallest absolute Gasteiger partial charge is 0.253 e. The molecule has 3 aromatic carbocycles. The van der Waals surface area contributed by atoms with Crippen LogP contribution in [0.4, 0.5) is 5.69 Å². The predicted molar refractivity (Wildman–Crippen MR) is 119 cm³/mol. The quantitative estimate of drug-likeness (QED) is 0.632. The molecule has 0 aromatic heterocycles. The van der Waals surface area contributed by atoms with Gasteiger partial charge in [-0.25, -0.2) is 0 Å². The maximum Gasteiger partial charge on any atom is 0.253 e. The molecule has 0 bridgehead atoms. The predicted octanol–water partition coefficient (Wildman–Crippen LogP) is 4.46. The van der Waals surface area contributed by atoms with E-state index in [-0.39, 0.29) is 11.9 Å². The fraction of sp³-hybridized carbons (Fsp3) is 0.130. The summed E-state index contributed by atoms with van der Waals surface area (Å²) in [6.45, 7) is 0. The Balaban J connectivity index is 1.73. The average molecular weight is 390 g/mol. The highest BCUT2D eigenvalue weighted by Gasteiger charge is 2.15. The summed E-state index contributed by atoms with van der Waals surface area (Å²) in [5, 5.41) is 7.12. The van der Waals surface area contributed by atoms with Crippen molar-refractivity contribution < 1.29 is 4.79 Å². The zero-order chi connectivity index (χ0) is 19.9. The average Bonchev–Trinajstić information content (AvgIpc) is 2.73. The topological polar surface area (TPSA) is 44.4 Å². The molecule has 3 rings (SSSR count). The molecule has 0 aliphatic heterocycles. The molecule has 0 fully saturated rings. The van der Waals surface area contributed by atoms with Gasteiger partial charge in [-0.05, 0) is 47.6 Å². The Hall–Kier alpha value is -3.18. The minimum absolute atomic E-state index is 0.0273. The Morgan fingerprint density at radius 1 is 0.821 bits per heavy atom. The third kappa shape index (κ3) is 4.96. The molecule has 4 nitrogen and oxygen atoms in total. The second kappa shape index (κ2) is 9.15. The molecular formula is C23H23N3OS. The number of rotatable bonds is 5. The monoisotopic (exact) mass is 389 g/mol. The maximum absolute atomic E-state index is 12.0. The van der Waals surface area contributed by atoms with Gasteiger partial charge in [0.05, 0.1) is 6.04 Å². The number of thiocarbonyl (C=S) groups is 1. The first-order valence-corrected chi connectivity index (χ1v) is 9.44. The summed E-state index contributed by atoms with van der Waals surface area (Å²) in [6.07, 6.45) is 0. The molecule has 0 heterocycles. The SMILES string of the molecule is CN(C)C(=O)c1ccc(NC(=S)NC(c2ccccc2)c2ccccc2)cc1. The van der Waals surface area contributed by atoms with Crippen molar-refractivity contribution in [2.24, 2.45) is 0 Å². The fourth-order valence-electron chi connectivity index (χ4n) is 2.90. The van der Waals surface area contributed by atoms with E-state index in [2.05, 4.69) is 34.9 Å². The Kier molecular flexibility index (Phi) is 6.40. The summed E-state index contributed by atoms with van der Waals surface area (Å²) in [4.78, 5) is 13.6. The number of nitrogens with zero attached hydrogens (tertiary/aromatic N) is 1. The number of benzene rings is 3. The highest BCUT2D eigenvalue weighted by molar-refractivity contribution is 7.80. The lowest BCUT2D eigenvalue weighted by Crippen LogP contribution is -2.33. The lowest BCUT2D eigenvalue weighted by Gasteiger charge is -2.22. The van der Waals surface area contributed by atoms with E-state index in [1.54, 1.807) is 31.1 Å². The third-order valence-electron chi connectivity index (χ3n) is 4.34. The van der Waals surface area contributed by atoms with Crippen molar-refractivity contribution in [2.75, 3.05) is 19.4 Å². The van der Waals surface area contributed by atoms with Crippen molar-refractivity contribution in [2.45, 2.75) is 6.04 Å². The molecule has 0 aliphatic carbocycles. The molecule has 0 saturated carbocycles. The van der Waals surface area contributed by atoms with Crippen molar-refractivity contribution in [1.82, 2.24) is 10.2 Å². The van der Waals surface area contributed by atoms with E-state index in [1.807, 2.05) is 48.5 Å². The molecule has 0 unspecified atom stereocenters. The van der Waals surface area contributed by atoms with Crippen molar-refractivity contribution in [3.05, 3.63) is 102 Å². The molecule has 5 heteroatoms. The fourth-order valence-corrected chi connectivity index (χ4v) is 3.14. The summed E-state index contributed by atoms with van der Waals surface area (Å²) in [5.74, 6) is -0.0273. The van der Waals surface area contributed by atoms with Gasteiger partial charge in [0.2, 0.25) is 0 Å². The molecule has 1 amide bonds. The number of carbonyl (C=O) groups excluding carboxylic acids is 1. The van der Waals surface area contributed by atoms with Crippen LogP contribution in [0.2, 0.25) is 0 Å². The third-order valence-corrected chi connectivity index (χ3v) is 4.56. The molecule has 0 radical (unpaired) electrons. The van der Waals surface area contributed by atoms with Gasteiger partial charge in [0.1, 0.15) is 0 Å². The van der Waals surface area contributed by atoms with Crippen molar-refractivity contribution in [3.63, 3.8) is 0 Å². The molecule has 0 atom stereocenters. The molecule has 0 saturated heterocycles. The largest absolute Gasteiger partial charge is 0.352 e. The number of hydrogen-bond acceptors (Lipinski definition) is 2. The van der Waals surface area contributed by atoms with Crippen LogP contribution in [0.5, 0.6) is 0 Å². The van der Waals surface area contributed by atoms with Crippen LogP contribution in [0, 0.1) is 0 Å². The Morgan fingerprint density at radius 2 is 1.32 bits per heavy atom. The number of hydrogen-bond donors (Lipinski definition) is 2. The Labute approximate surface area is 171 Å². The number of nitrogens with one attached hydrogen (secondary N) is 2. The Bertz CT molecular complexity index is 886. The maximum atomic E-state index is 12.0. The second-order valence-corrected chi connectivity index (χ2v) is 7.04. The van der Waals surface area contributed by atoms with Gasteiger partial charge in [-0.15, -0.1) is 0 Å². The number of anilines is 1. The van der Waals surface area contributed by atoms with Gasteiger partial charge in [0.25, 0.3) is 5.91 Å². The van der Waals surface area contributed by atoms with Crippen LogP contribution in [0.1, 0.15) is 27.5 Å². The van der Waals surface area contributed by atoms with E-state index in [0.717, 1.165) is 16.8 Å². The van der Waals surface area contributed by atoms with E-state index >= 15 is 0 Å². The zero-order valence-electron chi connectivity index (χ0n) is 15.9. The molecule has 2 N–H and O–H groups in total. The Morgan fingerprint density at radius 3 is 1.79 bits per heavy atom. The minimum atomic E-state index is -0.0583. The van der Waals surface area contributed by atoms with Crippen LogP contribution in [0.3, 0.4) is 0 Å². The summed E-state index contributed by atoms with van der Waals surface area (Å²) >= 11 is 5.54. The summed E-state index contributed by atoms with van der Waals surface area (Å²) in [6, 6.07) is 27.6. The van der Waals surface area contributed by atoms with Gasteiger partial charge < -0.3 is 15.5 Å². The first-order valence-electron chi connectivity index (χ1n) is 9.04. The highest BCUT2D eigenvalue weighted by atomic mass is 32.1. The van der Waals surface area contributed by atoms with Crippen molar-refractivity contribution in [1.29, 1.82) is 0 Å².